The van der Waals surface area contributed by atoms with E-state index in [0.29, 0.717) is 0 Å². The van der Waals surface area contributed by atoms with Crippen LogP contribution in [0.3, 0.4) is 0 Å². The summed E-state index contributed by atoms with van der Waals surface area (Å²) in [6, 6.07) is 0. The van der Waals surface area contributed by atoms with Gasteiger partial charge in [0.05, 0.1) is 9.77 Å². The largest absolute Gasteiger partial charge is 0.273 e. The molecule has 6 nitrogen and oxygen atoms in total. The third-order valence-corrected chi connectivity index (χ3v) is 4.31. The molecule has 2 aliphatic rings. The summed E-state index contributed by atoms with van der Waals surface area (Å²) in [5.41, 5.74) is 0. The molecule has 1 N–H and O–H groups in total. The molecule has 1 unspecified atom stereocenters. The number of sulfonamides is 1. The second-order valence-electron chi connectivity index (χ2n) is 2.97. The van der Waals surface area contributed by atoms with Gasteiger partial charge in [-0.05, 0) is 12.2 Å². The van der Waals surface area contributed by atoms with E-state index in [4.69, 9.17) is 0 Å². The van der Waals surface area contributed by atoms with Crippen LogP contribution < -0.4 is 4.72 Å². The summed E-state index contributed by atoms with van der Waals surface area (Å²) in [6.45, 7) is 0. The number of allylic oxidation sites excluding steroid dienone is 3. The first-order valence-electron chi connectivity index (χ1n) is 3.84. The Morgan fingerprint density at radius 3 is 2.60 bits per heavy atom. The van der Waals surface area contributed by atoms with Crippen LogP contribution in [-0.2, 0) is 25.1 Å². The van der Waals surface area contributed by atoms with E-state index in [2.05, 4.69) is 0 Å². The van der Waals surface area contributed by atoms with Crippen molar-refractivity contribution < 1.29 is 21.6 Å². The van der Waals surface area contributed by atoms with Crippen molar-refractivity contribution in [3.63, 3.8) is 0 Å². The lowest BCUT2D eigenvalue weighted by molar-refractivity contribution is -0.119. The SMILES string of the molecule is O=C1NS(=O)(=O)C2=CC=CC(=S(=O)=O)C12. The Kier molecular flexibility index (Phi) is 2.05. The van der Waals surface area contributed by atoms with Gasteiger partial charge in [0.15, 0.2) is 0 Å². The van der Waals surface area contributed by atoms with E-state index in [1.165, 1.54) is 18.2 Å². The molecule has 0 aromatic carbocycles. The summed E-state index contributed by atoms with van der Waals surface area (Å²) in [6.07, 6.45) is 3.71. The number of hydrogen-bond acceptors (Lipinski definition) is 5. The standard InChI is InChI=1S/C7H5NO5S2/c9-7-6-4(14(10)11)2-1-3-5(6)15(12,13)8-7/h1-3,6H,(H,8,9). The van der Waals surface area contributed by atoms with E-state index >= 15 is 0 Å². The molecular weight excluding hydrogens is 242 g/mol. The fraction of sp³-hybridized carbons (Fsp3) is 0.143. The highest BCUT2D eigenvalue weighted by Crippen LogP contribution is 2.28. The van der Waals surface area contributed by atoms with E-state index in [1.807, 2.05) is 0 Å². The number of carbonyl (C=O) groups excluding carboxylic acids is 1. The van der Waals surface area contributed by atoms with Crippen LogP contribution >= 0.6 is 0 Å². The molecule has 0 aromatic heterocycles. The maximum Gasteiger partial charge on any atom is 0.261 e. The van der Waals surface area contributed by atoms with Crippen LogP contribution in [0.5, 0.6) is 0 Å². The van der Waals surface area contributed by atoms with Gasteiger partial charge in [-0.3, -0.25) is 4.79 Å². The predicted octanol–water partition coefficient (Wildman–Crippen LogP) is -1.43. The molecule has 1 heterocycles. The summed E-state index contributed by atoms with van der Waals surface area (Å²) in [5.74, 6) is -2.05. The maximum absolute atomic E-state index is 11.3. The highest BCUT2D eigenvalue weighted by Gasteiger charge is 2.44. The Hall–Kier alpha value is -1.41. The summed E-state index contributed by atoms with van der Waals surface area (Å²) in [7, 11) is -6.45. The zero-order chi connectivity index (χ0) is 11.2. The second-order valence-corrected chi connectivity index (χ2v) is 5.59. The molecule has 80 valence electrons. The minimum Gasteiger partial charge on any atom is -0.273 e. The number of fused-ring (bicyclic) bond motifs is 1. The normalized spacial score (nSPS) is 26.9. The summed E-state index contributed by atoms with van der Waals surface area (Å²) < 4.78 is 45.9. The van der Waals surface area contributed by atoms with E-state index < -0.39 is 32.1 Å². The van der Waals surface area contributed by atoms with Crippen molar-refractivity contribution in [3.05, 3.63) is 23.1 Å². The van der Waals surface area contributed by atoms with Crippen molar-refractivity contribution in [3.8, 4) is 0 Å². The Morgan fingerprint density at radius 1 is 1.33 bits per heavy atom. The highest BCUT2D eigenvalue weighted by molar-refractivity contribution is 7.94. The molecule has 1 saturated heterocycles. The zero-order valence-electron chi connectivity index (χ0n) is 7.17. The average molecular weight is 247 g/mol. The third kappa shape index (κ3) is 1.41. The van der Waals surface area contributed by atoms with Gasteiger partial charge in [0.25, 0.3) is 10.0 Å². The fourth-order valence-electron chi connectivity index (χ4n) is 1.48. The topological polar surface area (TPSA) is 97.4 Å². The lowest BCUT2D eigenvalue weighted by atomic mass is 10.00. The van der Waals surface area contributed by atoms with Gasteiger partial charge in [0.2, 0.25) is 16.2 Å². The van der Waals surface area contributed by atoms with Crippen LogP contribution in [0, 0.1) is 5.92 Å². The van der Waals surface area contributed by atoms with Gasteiger partial charge in [-0.1, -0.05) is 6.08 Å². The van der Waals surface area contributed by atoms with Gasteiger partial charge in [0, 0.05) is 0 Å². The van der Waals surface area contributed by atoms with Crippen molar-refractivity contribution in [1.82, 2.24) is 4.72 Å². The quantitative estimate of drug-likeness (QED) is 0.529. The first kappa shape index (κ1) is 10.1. The number of carbonyl (C=O) groups is 1. The van der Waals surface area contributed by atoms with E-state index in [0.717, 1.165) is 0 Å². The first-order chi connectivity index (χ1) is 6.93. The summed E-state index contributed by atoms with van der Waals surface area (Å²) in [5, 5.41) is 0. The Bertz CT molecular complexity index is 627. The van der Waals surface area contributed by atoms with E-state index in [9.17, 15) is 21.6 Å². The Balaban J connectivity index is 2.75. The number of amides is 1. The molecule has 1 fully saturated rings. The minimum absolute atomic E-state index is 0.214. The molecule has 1 atom stereocenters. The lowest BCUT2D eigenvalue weighted by Gasteiger charge is -2.07. The Morgan fingerprint density at radius 2 is 2.00 bits per heavy atom. The van der Waals surface area contributed by atoms with Gasteiger partial charge in [-0.15, -0.1) is 0 Å². The molecule has 1 aliphatic carbocycles. The van der Waals surface area contributed by atoms with Gasteiger partial charge in [0.1, 0.15) is 5.92 Å². The van der Waals surface area contributed by atoms with Crippen LogP contribution in [0.1, 0.15) is 0 Å². The molecular formula is C7H5NO5S2. The number of rotatable bonds is 0. The number of hydrogen-bond donors (Lipinski definition) is 1. The van der Waals surface area contributed by atoms with Gasteiger partial charge in [-0.25, -0.2) is 13.1 Å². The monoisotopic (exact) mass is 247 g/mol. The first-order valence-corrected chi connectivity index (χ1v) is 6.40. The van der Waals surface area contributed by atoms with Crippen LogP contribution in [0.25, 0.3) is 0 Å². The lowest BCUT2D eigenvalue weighted by Crippen LogP contribution is -2.26. The highest BCUT2D eigenvalue weighted by atomic mass is 32.2. The molecule has 0 aromatic rings. The van der Waals surface area contributed by atoms with Crippen LogP contribution in [0.15, 0.2) is 23.1 Å². The molecule has 0 bridgehead atoms. The molecule has 15 heavy (non-hydrogen) atoms. The third-order valence-electron chi connectivity index (χ3n) is 2.09. The van der Waals surface area contributed by atoms with E-state index in [1.54, 1.807) is 4.72 Å². The Labute approximate surface area is 86.9 Å². The van der Waals surface area contributed by atoms with Gasteiger partial charge < -0.3 is 0 Å². The van der Waals surface area contributed by atoms with Crippen LogP contribution in [-0.4, -0.2) is 27.6 Å². The summed E-state index contributed by atoms with van der Waals surface area (Å²) >= 11 is 0. The van der Waals surface area contributed by atoms with Crippen LogP contribution in [0.4, 0.5) is 0 Å². The second kappa shape index (κ2) is 3.04. The molecule has 2 rings (SSSR count). The van der Waals surface area contributed by atoms with Crippen molar-refractivity contribution >= 4 is 31.1 Å². The molecule has 1 aliphatic heterocycles. The van der Waals surface area contributed by atoms with Crippen molar-refractivity contribution in [2.45, 2.75) is 0 Å². The average Bonchev–Trinajstić information content (AvgIpc) is 2.37. The maximum atomic E-state index is 11.3. The molecule has 0 saturated carbocycles. The van der Waals surface area contributed by atoms with Gasteiger partial charge in [-0.2, -0.15) is 8.42 Å². The van der Waals surface area contributed by atoms with Crippen molar-refractivity contribution in [2.24, 2.45) is 5.92 Å². The van der Waals surface area contributed by atoms with Crippen molar-refractivity contribution in [1.29, 1.82) is 0 Å². The zero-order valence-corrected chi connectivity index (χ0v) is 8.80. The molecule has 0 radical (unpaired) electrons. The van der Waals surface area contributed by atoms with Gasteiger partial charge >= 0.3 is 0 Å². The molecule has 1 amide bonds. The smallest absolute Gasteiger partial charge is 0.261 e. The fourth-order valence-corrected chi connectivity index (χ4v) is 3.47. The minimum atomic E-state index is -3.85. The van der Waals surface area contributed by atoms with E-state index in [-0.39, 0.29) is 9.77 Å². The molecule has 8 heteroatoms. The van der Waals surface area contributed by atoms with Crippen LogP contribution in [0.2, 0.25) is 0 Å². The van der Waals surface area contributed by atoms with Crippen molar-refractivity contribution in [2.75, 3.05) is 0 Å². The number of nitrogens with one attached hydrogen (secondary N) is 1. The molecule has 0 spiro atoms. The predicted molar refractivity (Wildman–Crippen MR) is 51.7 cm³/mol. The summed E-state index contributed by atoms with van der Waals surface area (Å²) in [4.78, 5) is 10.8.